The molecule has 0 bridgehead atoms. The van der Waals surface area contributed by atoms with Gasteiger partial charge in [-0.25, -0.2) is 4.98 Å². The average molecular weight is 460 g/mol. The van der Waals surface area contributed by atoms with E-state index < -0.39 is 0 Å². The highest BCUT2D eigenvalue weighted by molar-refractivity contribution is 5.86. The number of nitrogens with zero attached hydrogens (tertiary/aromatic N) is 6. The van der Waals surface area contributed by atoms with Crippen molar-refractivity contribution in [2.24, 2.45) is 5.73 Å². The number of carboxylic acid groups (broad SMARTS) is 1. The van der Waals surface area contributed by atoms with Crippen LogP contribution in [-0.2, 0) is 4.79 Å². The molecule has 0 amide bonds. The first-order valence-electron chi connectivity index (χ1n) is 10.9. The predicted molar refractivity (Wildman–Crippen MR) is 126 cm³/mol. The zero-order valence-corrected chi connectivity index (χ0v) is 18.7. The molecule has 10 heteroatoms. The topological polar surface area (TPSA) is 143 Å². The molecule has 34 heavy (non-hydrogen) atoms. The molecule has 10 nitrogen and oxygen atoms in total. The van der Waals surface area contributed by atoms with Crippen LogP contribution in [0.3, 0.4) is 0 Å². The Hall–Kier alpha value is -4.07. The molecular weight excluding hydrogens is 434 g/mol. The molecular formula is C24H25N7O3. The van der Waals surface area contributed by atoms with Crippen molar-refractivity contribution in [3.05, 3.63) is 54.2 Å². The van der Waals surface area contributed by atoms with Gasteiger partial charge in [0.2, 0.25) is 0 Å². The number of nitriles is 1. The molecule has 5 rings (SSSR count). The van der Waals surface area contributed by atoms with Gasteiger partial charge in [-0.2, -0.15) is 5.26 Å². The van der Waals surface area contributed by atoms with Gasteiger partial charge in [0.15, 0.2) is 18.1 Å². The van der Waals surface area contributed by atoms with Gasteiger partial charge in [0, 0.05) is 36.8 Å². The van der Waals surface area contributed by atoms with Gasteiger partial charge in [-0.15, -0.1) is 10.2 Å². The number of nitrogens with two attached hydrogens (primary N) is 1. The molecule has 1 fully saturated rings. The Bertz CT molecular complexity index is 1350. The van der Waals surface area contributed by atoms with Gasteiger partial charge in [-0.05, 0) is 37.1 Å². The summed E-state index contributed by atoms with van der Waals surface area (Å²) in [5.74, 6) is 1.24. The molecule has 0 aliphatic carbocycles. The van der Waals surface area contributed by atoms with E-state index >= 15 is 0 Å². The normalized spacial score (nSPS) is 16.6. The third-order valence-corrected chi connectivity index (χ3v) is 5.92. The molecule has 0 saturated carbocycles. The lowest BCUT2D eigenvalue weighted by Crippen LogP contribution is -2.28. The van der Waals surface area contributed by atoms with Crippen molar-refractivity contribution in [2.75, 3.05) is 19.7 Å². The monoisotopic (exact) mass is 459 g/mol. The van der Waals surface area contributed by atoms with Crippen molar-refractivity contribution in [2.45, 2.75) is 25.4 Å². The summed E-state index contributed by atoms with van der Waals surface area (Å²) in [5, 5.41) is 25.4. The van der Waals surface area contributed by atoms with Crippen LogP contribution in [0.2, 0.25) is 0 Å². The number of carbonyl (C=O) groups is 1. The van der Waals surface area contributed by atoms with E-state index in [1.807, 2.05) is 46.9 Å². The first-order chi connectivity index (χ1) is 16.5. The molecule has 174 valence electrons. The molecule has 1 aliphatic rings. The van der Waals surface area contributed by atoms with Crippen molar-refractivity contribution in [3.8, 4) is 23.3 Å². The largest absolute Gasteiger partial charge is 0.483 e. The van der Waals surface area contributed by atoms with Gasteiger partial charge in [0.25, 0.3) is 6.47 Å². The van der Waals surface area contributed by atoms with Crippen molar-refractivity contribution in [1.82, 2.24) is 24.5 Å². The van der Waals surface area contributed by atoms with Crippen molar-refractivity contribution in [1.29, 1.82) is 5.26 Å². The first-order valence-corrected chi connectivity index (χ1v) is 10.9. The second kappa shape index (κ2) is 10.2. The quantitative estimate of drug-likeness (QED) is 0.430. The minimum atomic E-state index is -0.250. The number of rotatable bonds is 5. The Morgan fingerprint density at radius 1 is 1.29 bits per heavy atom. The fraction of sp³-hybridized carbons (Fsp3) is 0.292. The summed E-state index contributed by atoms with van der Waals surface area (Å²) in [4.78, 5) is 15.6. The van der Waals surface area contributed by atoms with Crippen LogP contribution in [0.1, 0.15) is 24.9 Å². The van der Waals surface area contributed by atoms with Crippen LogP contribution in [0, 0.1) is 11.3 Å². The summed E-state index contributed by atoms with van der Waals surface area (Å²) >= 11 is 0. The number of hydrogen-bond donors (Lipinski definition) is 2. The van der Waals surface area contributed by atoms with Gasteiger partial charge >= 0.3 is 0 Å². The van der Waals surface area contributed by atoms with Crippen LogP contribution >= 0.6 is 0 Å². The number of aromatic nitrogens is 4. The highest BCUT2D eigenvalue weighted by atomic mass is 16.5. The number of hydrogen-bond acceptors (Lipinski definition) is 8. The maximum Gasteiger partial charge on any atom is 0.290 e. The average Bonchev–Trinajstić information content (AvgIpc) is 3.48. The summed E-state index contributed by atoms with van der Waals surface area (Å²) in [6.07, 6.45) is 3.12. The Labute approximate surface area is 196 Å². The van der Waals surface area contributed by atoms with E-state index in [4.69, 9.17) is 30.6 Å². The first kappa shape index (κ1) is 23.1. The number of likely N-dealkylation sites (tertiary alicyclic amines) is 1. The summed E-state index contributed by atoms with van der Waals surface area (Å²) < 4.78 is 7.54. The SMILES string of the molecule is C[C@@H](c1ccc2nnc(-c3ccc4cccc(OCC#N)c4n3)n2c1)N1CC[C@H](N)C1.O=CO. The predicted octanol–water partition coefficient (Wildman–Crippen LogP) is 2.64. The van der Waals surface area contributed by atoms with Crippen LogP contribution < -0.4 is 10.5 Å². The van der Waals surface area contributed by atoms with Crippen LogP contribution in [-0.4, -0.2) is 61.8 Å². The second-order valence-electron chi connectivity index (χ2n) is 8.01. The standard InChI is InChI=1S/C23H23N7O.CH2O2/c1-15(29-11-9-18(25)14-29)17-6-8-21-27-28-23(30(21)13-17)19-7-5-16-3-2-4-20(22(16)26-19)31-12-10-24;2-1-3/h2-8,13,15,18H,9,11-12,14,25H2,1H3;1H,(H,2,3)/t15-,18-;/m0./s1. The van der Waals surface area contributed by atoms with Crippen LogP contribution in [0.4, 0.5) is 0 Å². The van der Waals surface area contributed by atoms with Crippen LogP contribution in [0.5, 0.6) is 5.75 Å². The van der Waals surface area contributed by atoms with E-state index in [9.17, 15) is 0 Å². The number of ether oxygens (including phenoxy) is 1. The van der Waals surface area contributed by atoms with E-state index in [1.54, 1.807) is 0 Å². The van der Waals surface area contributed by atoms with E-state index in [-0.39, 0.29) is 25.2 Å². The lowest BCUT2D eigenvalue weighted by Gasteiger charge is -2.24. The molecule has 2 atom stereocenters. The minimum Gasteiger partial charge on any atom is -0.483 e. The van der Waals surface area contributed by atoms with Gasteiger partial charge in [0.05, 0.1) is 0 Å². The smallest absolute Gasteiger partial charge is 0.290 e. The lowest BCUT2D eigenvalue weighted by molar-refractivity contribution is -0.122. The Morgan fingerprint density at radius 3 is 2.85 bits per heavy atom. The lowest BCUT2D eigenvalue weighted by atomic mass is 10.1. The number of pyridine rings is 2. The highest BCUT2D eigenvalue weighted by Gasteiger charge is 2.25. The van der Waals surface area contributed by atoms with Crippen LogP contribution in [0.25, 0.3) is 28.1 Å². The molecule has 1 aliphatic heterocycles. The van der Waals surface area contributed by atoms with Crippen LogP contribution in [0.15, 0.2) is 48.7 Å². The molecule has 1 aromatic carbocycles. The van der Waals surface area contributed by atoms with E-state index in [1.165, 1.54) is 5.56 Å². The van der Waals surface area contributed by atoms with Crippen molar-refractivity contribution < 1.29 is 14.6 Å². The van der Waals surface area contributed by atoms with E-state index in [2.05, 4.69) is 34.3 Å². The van der Waals surface area contributed by atoms with Gasteiger partial charge in [-0.3, -0.25) is 14.1 Å². The second-order valence-corrected chi connectivity index (χ2v) is 8.01. The fourth-order valence-corrected chi connectivity index (χ4v) is 4.18. The summed E-state index contributed by atoms with van der Waals surface area (Å²) in [5.41, 5.74) is 9.44. The summed E-state index contributed by atoms with van der Waals surface area (Å²) in [7, 11) is 0. The third kappa shape index (κ3) is 4.66. The summed E-state index contributed by atoms with van der Waals surface area (Å²) in [6.45, 7) is 3.84. The number of fused-ring (bicyclic) bond motifs is 2. The maximum absolute atomic E-state index is 8.86. The molecule has 4 aromatic rings. The van der Waals surface area contributed by atoms with E-state index in [0.717, 1.165) is 30.5 Å². The minimum absolute atomic E-state index is 0.0275. The molecule has 0 unspecified atom stereocenters. The molecule has 0 spiro atoms. The van der Waals surface area contributed by atoms with E-state index in [0.29, 0.717) is 22.8 Å². The number of para-hydroxylation sites is 1. The van der Waals surface area contributed by atoms with Gasteiger partial charge in [0.1, 0.15) is 23.0 Å². The van der Waals surface area contributed by atoms with Gasteiger partial charge in [-0.1, -0.05) is 24.3 Å². The maximum atomic E-state index is 8.86. The van der Waals surface area contributed by atoms with Gasteiger partial charge < -0.3 is 15.6 Å². The summed E-state index contributed by atoms with van der Waals surface area (Å²) in [6, 6.07) is 16.2. The molecule has 0 radical (unpaired) electrons. The zero-order chi connectivity index (χ0) is 24.1. The third-order valence-electron chi connectivity index (χ3n) is 5.92. The highest BCUT2D eigenvalue weighted by Crippen LogP contribution is 2.29. The Balaban J connectivity index is 0.000000868. The molecule has 4 heterocycles. The Kier molecular flexibility index (Phi) is 6.96. The Morgan fingerprint density at radius 2 is 2.12 bits per heavy atom. The molecule has 1 saturated heterocycles. The zero-order valence-electron chi connectivity index (χ0n) is 18.7. The molecule has 3 aromatic heterocycles. The number of benzene rings is 1. The van der Waals surface area contributed by atoms with Crippen molar-refractivity contribution >= 4 is 23.0 Å². The fourth-order valence-electron chi connectivity index (χ4n) is 4.18. The molecule has 3 N–H and O–H groups in total. The van der Waals surface area contributed by atoms with Crippen molar-refractivity contribution in [3.63, 3.8) is 0 Å².